The van der Waals surface area contributed by atoms with Crippen molar-refractivity contribution >= 4 is 27.9 Å². The number of hydrogen-bond acceptors (Lipinski definition) is 6. The predicted octanol–water partition coefficient (Wildman–Crippen LogP) is -0.665. The highest BCUT2D eigenvalue weighted by molar-refractivity contribution is 7.89. The van der Waals surface area contributed by atoms with Gasteiger partial charge in [0.2, 0.25) is 10.0 Å². The molecule has 1 unspecified atom stereocenters. The Morgan fingerprint density at radius 1 is 1.18 bits per heavy atom. The Balaban J connectivity index is 2.73. The predicted molar refractivity (Wildman–Crippen MR) is 75.3 cm³/mol. The van der Waals surface area contributed by atoms with Gasteiger partial charge < -0.3 is 10.1 Å². The van der Waals surface area contributed by atoms with E-state index in [4.69, 9.17) is 9.88 Å². The monoisotopic (exact) mass is 329 g/mol. The first-order chi connectivity index (χ1) is 10.1. The van der Waals surface area contributed by atoms with Crippen molar-refractivity contribution in [3.05, 3.63) is 29.8 Å². The van der Waals surface area contributed by atoms with Crippen LogP contribution in [0.25, 0.3) is 0 Å². The van der Waals surface area contributed by atoms with Crippen LogP contribution in [-0.4, -0.2) is 39.5 Å². The van der Waals surface area contributed by atoms with Crippen LogP contribution in [-0.2, 0) is 19.6 Å². The van der Waals surface area contributed by atoms with Crippen LogP contribution in [0.1, 0.15) is 17.3 Å². The van der Waals surface area contributed by atoms with Crippen LogP contribution in [0.15, 0.2) is 29.2 Å². The summed E-state index contributed by atoms with van der Waals surface area (Å²) in [4.78, 5) is 34.1. The molecule has 0 aromatic heterocycles. The van der Waals surface area contributed by atoms with E-state index >= 15 is 0 Å². The van der Waals surface area contributed by atoms with Gasteiger partial charge in [-0.05, 0) is 31.2 Å². The van der Waals surface area contributed by atoms with Crippen molar-refractivity contribution in [1.82, 2.24) is 10.6 Å². The molecule has 1 atom stereocenters. The quantitative estimate of drug-likeness (QED) is 0.625. The van der Waals surface area contributed by atoms with Crippen LogP contribution < -0.4 is 15.8 Å². The van der Waals surface area contributed by atoms with E-state index in [0.717, 1.165) is 12.1 Å². The van der Waals surface area contributed by atoms with Gasteiger partial charge in [-0.2, -0.15) is 0 Å². The number of nitrogens with one attached hydrogen (secondary N) is 2. The number of carbonyl (C=O) groups excluding carboxylic acids is 3. The summed E-state index contributed by atoms with van der Waals surface area (Å²) in [5.41, 5.74) is 0.0343. The molecule has 0 bridgehead atoms. The van der Waals surface area contributed by atoms with Crippen LogP contribution in [0.2, 0.25) is 0 Å². The molecule has 0 fully saturated rings. The fourth-order valence-corrected chi connectivity index (χ4v) is 1.85. The lowest BCUT2D eigenvalue weighted by Crippen LogP contribution is -2.43. The number of nitrogens with two attached hydrogens (primary N) is 1. The van der Waals surface area contributed by atoms with Gasteiger partial charge in [0, 0.05) is 7.05 Å². The van der Waals surface area contributed by atoms with Crippen LogP contribution in [0.3, 0.4) is 0 Å². The molecular formula is C12H15N3O6S. The third-order valence-electron chi connectivity index (χ3n) is 2.54. The number of hydrogen-bond donors (Lipinski definition) is 3. The minimum atomic E-state index is -3.86. The summed E-state index contributed by atoms with van der Waals surface area (Å²) >= 11 is 0. The molecule has 0 aliphatic carbocycles. The largest absolute Gasteiger partial charge is 0.449 e. The second-order valence-corrected chi connectivity index (χ2v) is 5.75. The van der Waals surface area contributed by atoms with E-state index in [1.54, 1.807) is 0 Å². The number of urea groups is 1. The van der Waals surface area contributed by atoms with Crippen molar-refractivity contribution in [2.24, 2.45) is 5.14 Å². The first kappa shape index (κ1) is 17.6. The summed E-state index contributed by atoms with van der Waals surface area (Å²) in [5, 5.41) is 9.06. The Bertz CT molecular complexity index is 683. The Hall–Kier alpha value is -2.46. The number of carbonyl (C=O) groups is 3. The third-order valence-corrected chi connectivity index (χ3v) is 3.46. The minimum Gasteiger partial charge on any atom is -0.449 e. The zero-order valence-electron chi connectivity index (χ0n) is 11.8. The molecule has 0 spiro atoms. The number of primary sulfonamides is 1. The van der Waals surface area contributed by atoms with Crippen LogP contribution in [0, 0.1) is 0 Å². The van der Waals surface area contributed by atoms with Crippen molar-refractivity contribution in [2.75, 3.05) is 7.05 Å². The molecule has 0 saturated heterocycles. The Kier molecular flexibility index (Phi) is 5.60. The average molecular weight is 329 g/mol. The molecule has 9 nitrogen and oxygen atoms in total. The number of sulfonamides is 1. The Labute approximate surface area is 126 Å². The molecule has 1 aromatic rings. The zero-order chi connectivity index (χ0) is 16.9. The molecule has 4 N–H and O–H groups in total. The molecule has 3 amide bonds. The lowest BCUT2D eigenvalue weighted by Gasteiger charge is -2.12. The van der Waals surface area contributed by atoms with Crippen LogP contribution in [0.4, 0.5) is 4.79 Å². The molecule has 120 valence electrons. The molecule has 10 heteroatoms. The van der Waals surface area contributed by atoms with Crippen molar-refractivity contribution in [3.8, 4) is 0 Å². The van der Waals surface area contributed by atoms with Crippen molar-refractivity contribution in [2.45, 2.75) is 17.9 Å². The van der Waals surface area contributed by atoms with Gasteiger partial charge >= 0.3 is 12.0 Å². The van der Waals surface area contributed by atoms with Gasteiger partial charge in [-0.15, -0.1) is 0 Å². The normalized spacial score (nSPS) is 12.1. The van der Waals surface area contributed by atoms with Gasteiger partial charge in [-0.25, -0.2) is 23.1 Å². The van der Waals surface area contributed by atoms with E-state index in [0.29, 0.717) is 0 Å². The molecule has 1 aromatic carbocycles. The number of imide groups is 1. The topological polar surface area (TPSA) is 145 Å². The highest BCUT2D eigenvalue weighted by Gasteiger charge is 2.20. The number of benzene rings is 1. The SMILES string of the molecule is CNC(=O)NC(=O)C(C)OC(=O)c1ccc(S(N)(=O)=O)cc1. The summed E-state index contributed by atoms with van der Waals surface area (Å²) in [6.07, 6.45) is -1.21. The molecule has 22 heavy (non-hydrogen) atoms. The summed E-state index contributed by atoms with van der Waals surface area (Å²) in [6, 6.07) is 3.95. The van der Waals surface area contributed by atoms with Crippen LogP contribution in [0.5, 0.6) is 0 Å². The standard InChI is InChI=1S/C12H15N3O6S/c1-7(10(16)15-12(18)14-2)21-11(17)8-3-5-9(6-4-8)22(13,19)20/h3-7H,1-2H3,(H2,13,19,20)(H2,14,15,16,18). The lowest BCUT2D eigenvalue weighted by atomic mass is 10.2. The molecule has 0 heterocycles. The minimum absolute atomic E-state index is 0.0343. The Morgan fingerprint density at radius 3 is 2.18 bits per heavy atom. The number of amides is 3. The zero-order valence-corrected chi connectivity index (χ0v) is 12.6. The van der Waals surface area contributed by atoms with Crippen molar-refractivity contribution in [1.29, 1.82) is 0 Å². The number of esters is 1. The molecule has 0 aliphatic heterocycles. The maximum atomic E-state index is 11.8. The molecule has 0 saturated carbocycles. The van der Waals surface area contributed by atoms with E-state index in [2.05, 4.69) is 5.32 Å². The second-order valence-electron chi connectivity index (χ2n) is 4.19. The molecule has 0 radical (unpaired) electrons. The summed E-state index contributed by atoms with van der Waals surface area (Å²) in [5.74, 6) is -1.64. The fourth-order valence-electron chi connectivity index (χ4n) is 1.34. The second kappa shape index (κ2) is 7.00. The molecular weight excluding hydrogens is 314 g/mol. The van der Waals surface area contributed by atoms with Gasteiger partial charge in [-0.1, -0.05) is 0 Å². The average Bonchev–Trinajstić information content (AvgIpc) is 2.46. The summed E-state index contributed by atoms with van der Waals surface area (Å²) in [7, 11) is -2.53. The molecule has 0 aliphatic rings. The van der Waals surface area contributed by atoms with Crippen molar-refractivity contribution in [3.63, 3.8) is 0 Å². The summed E-state index contributed by atoms with van der Waals surface area (Å²) in [6.45, 7) is 1.29. The maximum Gasteiger partial charge on any atom is 0.338 e. The molecule has 1 rings (SSSR count). The van der Waals surface area contributed by atoms with Gasteiger partial charge in [0.1, 0.15) is 0 Å². The van der Waals surface area contributed by atoms with Crippen molar-refractivity contribution < 1.29 is 27.5 Å². The smallest absolute Gasteiger partial charge is 0.338 e. The number of ether oxygens (including phenoxy) is 1. The van der Waals surface area contributed by atoms with E-state index in [1.165, 1.54) is 26.1 Å². The van der Waals surface area contributed by atoms with Gasteiger partial charge in [-0.3, -0.25) is 10.1 Å². The van der Waals surface area contributed by atoms with E-state index < -0.39 is 34.0 Å². The first-order valence-electron chi connectivity index (χ1n) is 6.01. The first-order valence-corrected chi connectivity index (χ1v) is 7.56. The van der Waals surface area contributed by atoms with Gasteiger partial charge in [0.25, 0.3) is 5.91 Å². The van der Waals surface area contributed by atoms with E-state index in [9.17, 15) is 22.8 Å². The van der Waals surface area contributed by atoms with Gasteiger partial charge in [0.05, 0.1) is 10.5 Å². The van der Waals surface area contributed by atoms with E-state index in [-0.39, 0.29) is 10.5 Å². The summed E-state index contributed by atoms with van der Waals surface area (Å²) < 4.78 is 27.0. The maximum absolute atomic E-state index is 11.8. The van der Waals surface area contributed by atoms with E-state index in [1.807, 2.05) is 5.32 Å². The highest BCUT2D eigenvalue weighted by Crippen LogP contribution is 2.10. The number of rotatable bonds is 4. The highest BCUT2D eigenvalue weighted by atomic mass is 32.2. The third kappa shape index (κ3) is 4.82. The van der Waals surface area contributed by atoms with Gasteiger partial charge in [0.15, 0.2) is 6.10 Å². The Morgan fingerprint density at radius 2 is 1.73 bits per heavy atom. The van der Waals surface area contributed by atoms with Crippen LogP contribution >= 0.6 is 0 Å². The lowest BCUT2D eigenvalue weighted by molar-refractivity contribution is -0.127. The fraction of sp³-hybridized carbons (Fsp3) is 0.250.